The van der Waals surface area contributed by atoms with Crippen LogP contribution in [0.2, 0.25) is 0 Å². The minimum atomic E-state index is -5.05. The fourth-order valence-corrected chi connectivity index (χ4v) is 6.21. The molecule has 2 aliphatic carbocycles. The molecule has 0 spiro atoms. The van der Waals surface area contributed by atoms with E-state index in [2.05, 4.69) is 19.4 Å². The Morgan fingerprint density at radius 1 is 0.647 bits per heavy atom. The van der Waals surface area contributed by atoms with E-state index in [0.29, 0.717) is 11.6 Å². The van der Waals surface area contributed by atoms with Gasteiger partial charge in [0, 0.05) is 22.3 Å². The van der Waals surface area contributed by atoms with Crippen LogP contribution in [0.15, 0.2) is 47.8 Å². The van der Waals surface area contributed by atoms with E-state index in [9.17, 15) is 44.7 Å². The average molecular weight is 663 g/mol. The van der Waals surface area contributed by atoms with Crippen molar-refractivity contribution < 1.29 is 13.2 Å². The van der Waals surface area contributed by atoms with E-state index < -0.39 is 56.5 Å². The van der Waals surface area contributed by atoms with Gasteiger partial charge in [-0.25, -0.2) is 29.9 Å². The Bertz CT molecular complexity index is 2760. The molecule has 232 valence electrons. The predicted octanol–water partition coefficient (Wildman–Crippen LogP) is 8.74. The van der Waals surface area contributed by atoms with Crippen molar-refractivity contribution in [2.45, 2.75) is 13.1 Å². The highest BCUT2D eigenvalue weighted by Crippen LogP contribution is 2.58. The molecule has 0 atom stereocenters. The second kappa shape index (κ2) is 12.5. The topological polar surface area (TPSA) is 160 Å². The molecule has 0 aromatic heterocycles. The van der Waals surface area contributed by atoms with Gasteiger partial charge in [-0.3, -0.25) is 0 Å². The van der Waals surface area contributed by atoms with Gasteiger partial charge in [0.1, 0.15) is 12.1 Å². The van der Waals surface area contributed by atoms with Gasteiger partial charge in [-0.05, 0) is 58.0 Å². The molecule has 0 saturated heterocycles. The van der Waals surface area contributed by atoms with Crippen LogP contribution in [0, 0.1) is 101 Å². The van der Waals surface area contributed by atoms with Crippen molar-refractivity contribution in [1.29, 1.82) is 31.6 Å². The third-order valence-electron chi connectivity index (χ3n) is 8.17. The van der Waals surface area contributed by atoms with Gasteiger partial charge in [-0.1, -0.05) is 24.3 Å². The molecular formula is C38H9F3N10. The maximum absolute atomic E-state index is 14.1. The van der Waals surface area contributed by atoms with Crippen molar-refractivity contribution in [3.05, 3.63) is 155 Å². The highest BCUT2D eigenvalue weighted by atomic mass is 19.4. The summed E-state index contributed by atoms with van der Waals surface area (Å²) in [6.07, 6.45) is -5.05. The van der Waals surface area contributed by atoms with Crippen LogP contribution < -0.4 is 0 Å². The van der Waals surface area contributed by atoms with Gasteiger partial charge in [0.05, 0.1) is 78.4 Å². The Labute approximate surface area is 287 Å². The standard InChI is InChI=1S/C38H9F3N10/c1-18-10-19(8-9-26(18)48-2)30-36(28(17-47)50-4)33-24(15-45)32-31(23(14-44)34(33)37(30)51-5)22(13-43)29(35(32)27(16-46)49-3)20-6-7-21(12-42)25(11-20)38(39,40)41/h6-11H,1H3/b35-27-,36-28+. The van der Waals surface area contributed by atoms with E-state index in [-0.39, 0.29) is 55.9 Å². The molecule has 13 heteroatoms. The van der Waals surface area contributed by atoms with Crippen LogP contribution in [0.25, 0.3) is 52.9 Å². The predicted molar refractivity (Wildman–Crippen MR) is 174 cm³/mol. The first-order valence-corrected chi connectivity index (χ1v) is 13.9. The molecule has 0 fully saturated rings. The van der Waals surface area contributed by atoms with E-state index >= 15 is 0 Å². The summed E-state index contributed by atoms with van der Waals surface area (Å²) in [4.78, 5) is 13.6. The van der Waals surface area contributed by atoms with Gasteiger partial charge in [-0.15, -0.1) is 0 Å². The molecule has 2 aliphatic rings. The highest BCUT2D eigenvalue weighted by molar-refractivity contribution is 6.31. The number of nitrogens with zero attached hydrogens (tertiary/aromatic N) is 10. The summed E-state index contributed by atoms with van der Waals surface area (Å²) in [5.41, 5.74) is -7.05. The maximum atomic E-state index is 14.1. The van der Waals surface area contributed by atoms with Crippen molar-refractivity contribution in [2.75, 3.05) is 0 Å². The molecular weight excluding hydrogens is 653 g/mol. The van der Waals surface area contributed by atoms with E-state index in [1.807, 2.05) is 18.2 Å². The van der Waals surface area contributed by atoms with Gasteiger partial charge in [0.15, 0.2) is 5.69 Å². The molecule has 0 radical (unpaired) electrons. The van der Waals surface area contributed by atoms with Crippen LogP contribution in [0.1, 0.15) is 61.2 Å². The molecule has 10 nitrogen and oxygen atoms in total. The summed E-state index contributed by atoms with van der Waals surface area (Å²) in [6.45, 7) is 32.8. The third-order valence-corrected chi connectivity index (χ3v) is 8.17. The number of hydrogen-bond donors (Lipinski definition) is 0. The number of aryl methyl sites for hydroxylation is 1. The lowest BCUT2D eigenvalue weighted by molar-refractivity contribution is -0.137. The van der Waals surface area contributed by atoms with E-state index in [1.54, 1.807) is 19.1 Å². The number of benzene rings is 3. The summed E-state index contributed by atoms with van der Waals surface area (Å²) >= 11 is 0. The number of fused-ring (bicyclic) bond motifs is 2. The zero-order valence-corrected chi connectivity index (χ0v) is 25.6. The second-order valence-corrected chi connectivity index (χ2v) is 10.5. The van der Waals surface area contributed by atoms with Crippen LogP contribution in [-0.4, -0.2) is 0 Å². The number of allylic oxidation sites excluding steroid dienone is 7. The van der Waals surface area contributed by atoms with Crippen LogP contribution in [0.4, 0.5) is 18.9 Å². The molecule has 5 rings (SSSR count). The summed E-state index contributed by atoms with van der Waals surface area (Å²) in [6, 6.07) is 17.4. The second-order valence-electron chi connectivity index (χ2n) is 10.5. The van der Waals surface area contributed by atoms with E-state index in [1.165, 1.54) is 24.3 Å². The molecule has 0 saturated carbocycles. The van der Waals surface area contributed by atoms with Crippen molar-refractivity contribution >= 4 is 39.2 Å². The van der Waals surface area contributed by atoms with Crippen LogP contribution >= 0.6 is 0 Å². The third kappa shape index (κ3) is 4.80. The number of hydrogen-bond acceptors (Lipinski definition) is 6. The van der Waals surface area contributed by atoms with Crippen LogP contribution in [0.3, 0.4) is 0 Å². The van der Waals surface area contributed by atoms with Gasteiger partial charge < -0.3 is 0 Å². The minimum absolute atomic E-state index is 0.0373. The quantitative estimate of drug-likeness (QED) is 0.197. The smallest absolute Gasteiger partial charge is 0.238 e. The Hall–Kier alpha value is -8.69. The van der Waals surface area contributed by atoms with Gasteiger partial charge >= 0.3 is 6.18 Å². The molecule has 0 aliphatic heterocycles. The molecule has 3 aromatic carbocycles. The Morgan fingerprint density at radius 3 is 1.67 bits per heavy atom. The number of halogens is 3. The largest absolute Gasteiger partial charge is 0.417 e. The Morgan fingerprint density at radius 2 is 1.20 bits per heavy atom. The zero-order valence-electron chi connectivity index (χ0n) is 25.6. The lowest BCUT2D eigenvalue weighted by atomic mass is 9.83. The first-order chi connectivity index (χ1) is 24.5. The summed E-state index contributed by atoms with van der Waals surface area (Å²) < 4.78 is 42.3. The van der Waals surface area contributed by atoms with E-state index in [4.69, 9.17) is 26.3 Å². The normalized spacial score (nSPS) is 14.4. The lowest BCUT2D eigenvalue weighted by Gasteiger charge is -2.17. The van der Waals surface area contributed by atoms with Crippen molar-refractivity contribution in [3.8, 4) is 36.4 Å². The summed E-state index contributed by atoms with van der Waals surface area (Å²) in [5, 5.41) is 61.6. The fourth-order valence-electron chi connectivity index (χ4n) is 6.21. The summed E-state index contributed by atoms with van der Waals surface area (Å²) in [7, 11) is 0. The average Bonchev–Trinajstić information content (AvgIpc) is 3.64. The number of rotatable bonds is 2. The van der Waals surface area contributed by atoms with Gasteiger partial charge in [0.25, 0.3) is 11.4 Å². The highest BCUT2D eigenvalue weighted by Gasteiger charge is 2.44. The monoisotopic (exact) mass is 662 g/mol. The maximum Gasteiger partial charge on any atom is 0.417 e. The number of alkyl halides is 3. The van der Waals surface area contributed by atoms with Crippen LogP contribution in [-0.2, 0) is 6.18 Å². The number of nitriles is 6. The minimum Gasteiger partial charge on any atom is -0.238 e. The van der Waals surface area contributed by atoms with Gasteiger partial charge in [-0.2, -0.15) is 34.2 Å². The fraction of sp³-hybridized carbons (Fsp3) is 0.0526. The van der Waals surface area contributed by atoms with Gasteiger partial charge in [0.2, 0.25) is 5.70 Å². The molecule has 0 heterocycles. The zero-order chi connectivity index (χ0) is 37.4. The SMILES string of the molecule is [C-]#[N+]C1=C(c2ccc([N+]#[C-])c(C)c2)/C(=C(/C#N)[N+]#[C-])c2c(C#N)c3c(c(C#N)c21)C(C#N)=C(c1ccc(C#N)c(C(F)(F)F)c1)/C3=C(\C#N)[N+]#[C-]. The molecule has 0 unspecified atom stereocenters. The van der Waals surface area contributed by atoms with Crippen molar-refractivity contribution in [3.63, 3.8) is 0 Å². The molecule has 3 aromatic rings. The molecule has 0 bridgehead atoms. The van der Waals surface area contributed by atoms with E-state index in [0.717, 1.165) is 12.1 Å². The lowest BCUT2D eigenvalue weighted by Crippen LogP contribution is -2.08. The Balaban J connectivity index is 2.10. The first kappa shape index (κ1) is 33.7. The summed E-state index contributed by atoms with van der Waals surface area (Å²) in [5.74, 6) is 0. The molecule has 0 N–H and O–H groups in total. The Kier molecular flexibility index (Phi) is 8.24. The van der Waals surface area contributed by atoms with Crippen molar-refractivity contribution in [2.24, 2.45) is 0 Å². The molecule has 0 amide bonds. The molecule has 51 heavy (non-hydrogen) atoms. The first-order valence-electron chi connectivity index (χ1n) is 13.9. The van der Waals surface area contributed by atoms with Crippen molar-refractivity contribution in [1.82, 2.24) is 0 Å². The van der Waals surface area contributed by atoms with Crippen LogP contribution in [0.5, 0.6) is 0 Å².